The summed E-state index contributed by atoms with van der Waals surface area (Å²) in [5.74, 6) is 2.02. The number of carbonyl (C=O) groups is 1. The van der Waals surface area contributed by atoms with Crippen molar-refractivity contribution in [3.63, 3.8) is 0 Å². The van der Waals surface area contributed by atoms with Gasteiger partial charge in [-0.05, 0) is 89.3 Å². The topological polar surface area (TPSA) is 44.6 Å². The molecule has 0 radical (unpaired) electrons. The Balaban J connectivity index is 1.28. The second-order valence-corrected chi connectivity index (χ2v) is 9.87. The molecular weight excluding hydrogens is 398 g/mol. The van der Waals surface area contributed by atoms with Crippen LogP contribution >= 0.6 is 0 Å². The van der Waals surface area contributed by atoms with Gasteiger partial charge in [0.15, 0.2) is 0 Å². The molecule has 0 saturated carbocycles. The number of rotatable bonds is 7. The van der Waals surface area contributed by atoms with E-state index in [0.29, 0.717) is 24.3 Å². The van der Waals surface area contributed by atoms with Crippen molar-refractivity contribution in [3.8, 4) is 5.69 Å². The first-order chi connectivity index (χ1) is 15.5. The van der Waals surface area contributed by atoms with Crippen molar-refractivity contribution in [2.24, 2.45) is 5.92 Å². The van der Waals surface area contributed by atoms with Crippen molar-refractivity contribution in [3.05, 3.63) is 48.0 Å². The van der Waals surface area contributed by atoms with Gasteiger partial charge in [0.2, 0.25) is 5.91 Å². The molecule has 4 rings (SSSR count). The highest BCUT2D eigenvalue weighted by atomic mass is 16.2. The van der Waals surface area contributed by atoms with Gasteiger partial charge in [-0.3, -0.25) is 9.69 Å². The molecule has 0 aliphatic carbocycles. The lowest BCUT2D eigenvalue weighted by molar-refractivity contribution is -0.133. The molecule has 174 valence electrons. The molecular formula is C26H39N5O. The van der Waals surface area contributed by atoms with Crippen LogP contribution in [0.5, 0.6) is 0 Å². The normalized spacial score (nSPS) is 21.0. The summed E-state index contributed by atoms with van der Waals surface area (Å²) in [5.41, 5.74) is 2.43. The zero-order valence-electron chi connectivity index (χ0n) is 20.0. The Morgan fingerprint density at radius 3 is 2.78 bits per heavy atom. The number of likely N-dealkylation sites (tertiary alicyclic amines) is 2. The van der Waals surface area contributed by atoms with Crippen molar-refractivity contribution < 1.29 is 4.79 Å². The van der Waals surface area contributed by atoms with Gasteiger partial charge >= 0.3 is 0 Å². The Kier molecular flexibility index (Phi) is 7.63. The summed E-state index contributed by atoms with van der Waals surface area (Å²) < 4.78 is 2.21. The molecule has 2 aliphatic rings. The van der Waals surface area contributed by atoms with Gasteiger partial charge in [0.1, 0.15) is 5.82 Å². The monoisotopic (exact) mass is 437 g/mol. The summed E-state index contributed by atoms with van der Waals surface area (Å²) in [5, 5.41) is 0. The average molecular weight is 438 g/mol. The zero-order valence-corrected chi connectivity index (χ0v) is 20.0. The van der Waals surface area contributed by atoms with Crippen molar-refractivity contribution in [2.75, 3.05) is 40.3 Å². The van der Waals surface area contributed by atoms with E-state index in [9.17, 15) is 4.79 Å². The molecule has 6 nitrogen and oxygen atoms in total. The number of imidazole rings is 1. The number of carbonyl (C=O) groups excluding carboxylic acids is 1. The first kappa shape index (κ1) is 23.0. The molecule has 1 atom stereocenters. The SMILES string of the molecule is Cc1cccc(-n2ccnc2CN2CCCC(CCC(=O)N(C)C3CCN(C)CC3)C2)c1. The number of piperidine rings is 2. The van der Waals surface area contributed by atoms with E-state index in [2.05, 4.69) is 63.8 Å². The van der Waals surface area contributed by atoms with Crippen LogP contribution in [-0.2, 0) is 11.3 Å². The number of hydrogen-bond donors (Lipinski definition) is 0. The van der Waals surface area contributed by atoms with Crippen molar-refractivity contribution in [2.45, 2.75) is 58.0 Å². The van der Waals surface area contributed by atoms with E-state index < -0.39 is 0 Å². The van der Waals surface area contributed by atoms with E-state index in [1.807, 2.05) is 18.1 Å². The maximum atomic E-state index is 12.8. The maximum Gasteiger partial charge on any atom is 0.222 e. The molecule has 3 heterocycles. The summed E-state index contributed by atoms with van der Waals surface area (Å²) in [6, 6.07) is 8.99. The second kappa shape index (κ2) is 10.6. The number of nitrogens with zero attached hydrogens (tertiary/aromatic N) is 5. The van der Waals surface area contributed by atoms with Crippen LogP contribution < -0.4 is 0 Å². The standard InChI is InChI=1S/C26H39N5O/c1-21-6-4-8-24(18-21)31-17-13-27-25(31)20-30-14-5-7-22(19-30)9-10-26(32)29(3)23-11-15-28(2)16-12-23/h4,6,8,13,17-18,22-23H,5,7,9-12,14-16,19-20H2,1-3H3. The number of aryl methyl sites for hydroxylation is 1. The molecule has 2 saturated heterocycles. The molecule has 0 spiro atoms. The van der Waals surface area contributed by atoms with Gasteiger partial charge in [-0.25, -0.2) is 4.98 Å². The van der Waals surface area contributed by atoms with Crippen LogP contribution in [0.4, 0.5) is 0 Å². The van der Waals surface area contributed by atoms with Gasteiger partial charge in [-0.15, -0.1) is 0 Å². The number of aromatic nitrogens is 2. The van der Waals surface area contributed by atoms with Crippen LogP contribution in [0.15, 0.2) is 36.7 Å². The molecule has 6 heteroatoms. The van der Waals surface area contributed by atoms with E-state index in [1.54, 1.807) is 0 Å². The Hall–Kier alpha value is -2.18. The average Bonchev–Trinajstić information content (AvgIpc) is 3.26. The third-order valence-corrected chi connectivity index (χ3v) is 7.36. The van der Waals surface area contributed by atoms with E-state index in [-0.39, 0.29) is 0 Å². The largest absolute Gasteiger partial charge is 0.343 e. The van der Waals surface area contributed by atoms with Crippen LogP contribution in [0.25, 0.3) is 5.69 Å². The highest BCUT2D eigenvalue weighted by Crippen LogP contribution is 2.24. The molecule has 2 aliphatic heterocycles. The quantitative estimate of drug-likeness (QED) is 0.662. The number of hydrogen-bond acceptors (Lipinski definition) is 4. The van der Waals surface area contributed by atoms with Gasteiger partial charge in [-0.1, -0.05) is 12.1 Å². The first-order valence-electron chi connectivity index (χ1n) is 12.3. The fraction of sp³-hybridized carbons (Fsp3) is 0.615. The fourth-order valence-corrected chi connectivity index (χ4v) is 5.28. The highest BCUT2D eigenvalue weighted by molar-refractivity contribution is 5.76. The molecule has 1 unspecified atom stereocenters. The molecule has 2 fully saturated rings. The lowest BCUT2D eigenvalue weighted by Crippen LogP contribution is -2.44. The smallest absolute Gasteiger partial charge is 0.222 e. The van der Waals surface area contributed by atoms with Gasteiger partial charge in [0, 0.05) is 44.1 Å². The molecule has 1 amide bonds. The Bertz CT molecular complexity index is 886. The molecule has 0 N–H and O–H groups in total. The number of amides is 1. The van der Waals surface area contributed by atoms with Crippen molar-refractivity contribution >= 4 is 5.91 Å². The summed E-state index contributed by atoms with van der Waals surface area (Å²) in [4.78, 5) is 24.4. The Labute approximate surface area is 193 Å². The van der Waals surface area contributed by atoms with Gasteiger partial charge in [0.05, 0.1) is 6.54 Å². The summed E-state index contributed by atoms with van der Waals surface area (Å²) in [6.45, 7) is 7.35. The van der Waals surface area contributed by atoms with E-state index in [4.69, 9.17) is 0 Å². The van der Waals surface area contributed by atoms with Gasteiger partial charge in [0.25, 0.3) is 0 Å². The summed E-state index contributed by atoms with van der Waals surface area (Å²) in [6.07, 6.45) is 10.3. The third kappa shape index (κ3) is 5.78. The molecule has 1 aromatic heterocycles. The number of benzene rings is 1. The lowest BCUT2D eigenvalue weighted by Gasteiger charge is -2.36. The predicted molar refractivity (Wildman–Crippen MR) is 129 cm³/mol. The fourth-order valence-electron chi connectivity index (χ4n) is 5.28. The molecule has 1 aromatic carbocycles. The maximum absolute atomic E-state index is 12.8. The van der Waals surface area contributed by atoms with Crippen LogP contribution in [0.1, 0.15) is 49.9 Å². The predicted octanol–water partition coefficient (Wildman–Crippen LogP) is 3.73. The van der Waals surface area contributed by atoms with Gasteiger partial charge in [-0.2, -0.15) is 0 Å². The Morgan fingerprint density at radius 2 is 2.00 bits per heavy atom. The molecule has 2 aromatic rings. The lowest BCUT2D eigenvalue weighted by atomic mass is 9.93. The summed E-state index contributed by atoms with van der Waals surface area (Å²) in [7, 11) is 4.18. The second-order valence-electron chi connectivity index (χ2n) is 9.87. The Morgan fingerprint density at radius 1 is 1.19 bits per heavy atom. The molecule has 32 heavy (non-hydrogen) atoms. The van der Waals surface area contributed by atoms with Crippen LogP contribution in [0.2, 0.25) is 0 Å². The van der Waals surface area contributed by atoms with Crippen molar-refractivity contribution in [1.29, 1.82) is 0 Å². The minimum atomic E-state index is 0.326. The van der Waals surface area contributed by atoms with E-state index in [0.717, 1.165) is 57.8 Å². The molecule has 0 bridgehead atoms. The van der Waals surface area contributed by atoms with E-state index in [1.165, 1.54) is 24.1 Å². The van der Waals surface area contributed by atoms with Crippen molar-refractivity contribution in [1.82, 2.24) is 24.3 Å². The van der Waals surface area contributed by atoms with Gasteiger partial charge < -0.3 is 14.4 Å². The van der Waals surface area contributed by atoms with Crippen LogP contribution in [0, 0.1) is 12.8 Å². The van der Waals surface area contributed by atoms with E-state index >= 15 is 0 Å². The zero-order chi connectivity index (χ0) is 22.5. The minimum absolute atomic E-state index is 0.326. The minimum Gasteiger partial charge on any atom is -0.343 e. The highest BCUT2D eigenvalue weighted by Gasteiger charge is 2.26. The summed E-state index contributed by atoms with van der Waals surface area (Å²) >= 11 is 0. The first-order valence-corrected chi connectivity index (χ1v) is 12.3. The third-order valence-electron chi connectivity index (χ3n) is 7.36. The van der Waals surface area contributed by atoms with Crippen LogP contribution in [-0.4, -0.2) is 76.5 Å². The van der Waals surface area contributed by atoms with Crippen LogP contribution in [0.3, 0.4) is 0 Å².